The van der Waals surface area contributed by atoms with Gasteiger partial charge in [0.2, 0.25) is 5.82 Å². The van der Waals surface area contributed by atoms with Crippen molar-refractivity contribution in [3.05, 3.63) is 38.4 Å². The number of rotatable bonds is 3. The highest BCUT2D eigenvalue weighted by Gasteiger charge is 2.16. The third kappa shape index (κ3) is 3.07. The largest absolute Gasteiger partial charge is 0.358 e. The molecule has 0 radical (unpaired) electrons. The number of anilines is 1. The van der Waals surface area contributed by atoms with Crippen LogP contribution in [0.4, 0.5) is 10.1 Å². The molecule has 0 aliphatic rings. The van der Waals surface area contributed by atoms with Gasteiger partial charge in [0.1, 0.15) is 23.3 Å². The number of hydrogen-bond acceptors (Lipinski definition) is 6. The van der Waals surface area contributed by atoms with Crippen LogP contribution in [0.25, 0.3) is 5.57 Å². The quantitative estimate of drug-likeness (QED) is 0.591. The maximum absolute atomic E-state index is 13.9. The van der Waals surface area contributed by atoms with Gasteiger partial charge in [-0.25, -0.2) is 4.39 Å². The van der Waals surface area contributed by atoms with Crippen molar-refractivity contribution in [2.24, 2.45) is 0 Å². The van der Waals surface area contributed by atoms with Crippen LogP contribution in [0.2, 0.25) is 0 Å². The summed E-state index contributed by atoms with van der Waals surface area (Å²) in [6.45, 7) is 0. The van der Waals surface area contributed by atoms with Crippen molar-refractivity contribution in [1.82, 2.24) is 20.6 Å². The van der Waals surface area contributed by atoms with Crippen LogP contribution in [-0.2, 0) is 0 Å². The molecule has 0 aliphatic carbocycles. The van der Waals surface area contributed by atoms with Gasteiger partial charge in [-0.15, -0.1) is 10.2 Å². The molecular formula is C11H4Br2FN7. The van der Waals surface area contributed by atoms with E-state index in [1.165, 1.54) is 12.3 Å². The van der Waals surface area contributed by atoms with Crippen molar-refractivity contribution in [2.75, 3.05) is 5.32 Å². The minimum Gasteiger partial charge on any atom is -0.358 e. The molecule has 1 aromatic heterocycles. The molecule has 0 spiro atoms. The second kappa shape index (κ2) is 6.43. The lowest BCUT2D eigenvalue weighted by Gasteiger charge is -2.09. The van der Waals surface area contributed by atoms with Gasteiger partial charge in [-0.1, -0.05) is 0 Å². The molecule has 0 saturated carbocycles. The summed E-state index contributed by atoms with van der Waals surface area (Å²) in [4.78, 5) is 0. The lowest BCUT2D eigenvalue weighted by Crippen LogP contribution is -1.99. The molecule has 2 aromatic rings. The van der Waals surface area contributed by atoms with E-state index in [9.17, 15) is 4.39 Å². The Morgan fingerprint density at radius 1 is 1.38 bits per heavy atom. The fourth-order valence-corrected chi connectivity index (χ4v) is 2.68. The summed E-state index contributed by atoms with van der Waals surface area (Å²) in [5.74, 6) is -0.619. The Morgan fingerprint density at radius 3 is 2.71 bits per heavy atom. The number of nitrogens with zero attached hydrogens (tertiary/aromatic N) is 5. The Bertz CT molecular complexity index is 786. The van der Waals surface area contributed by atoms with E-state index in [0.717, 1.165) is 0 Å². The van der Waals surface area contributed by atoms with E-state index in [-0.39, 0.29) is 27.1 Å². The first-order valence-corrected chi connectivity index (χ1v) is 6.85. The van der Waals surface area contributed by atoms with Crippen LogP contribution in [0.1, 0.15) is 11.4 Å². The molecule has 0 bridgehead atoms. The van der Waals surface area contributed by atoms with Gasteiger partial charge in [-0.3, -0.25) is 0 Å². The zero-order valence-corrected chi connectivity index (χ0v) is 13.2. The first kappa shape index (κ1) is 15.1. The van der Waals surface area contributed by atoms with E-state index in [4.69, 9.17) is 10.5 Å². The van der Waals surface area contributed by atoms with Crippen LogP contribution in [0, 0.1) is 28.5 Å². The van der Waals surface area contributed by atoms with Crippen molar-refractivity contribution in [3.63, 3.8) is 0 Å². The van der Waals surface area contributed by atoms with Gasteiger partial charge >= 0.3 is 0 Å². The van der Waals surface area contributed by atoms with Crippen LogP contribution in [0.5, 0.6) is 0 Å². The molecule has 21 heavy (non-hydrogen) atoms. The zero-order chi connectivity index (χ0) is 15.4. The zero-order valence-electron chi connectivity index (χ0n) is 10.0. The molecule has 2 rings (SSSR count). The van der Waals surface area contributed by atoms with Crippen LogP contribution >= 0.6 is 31.9 Å². The average Bonchev–Trinajstić information content (AvgIpc) is 2.99. The Morgan fingerprint density at radius 2 is 2.14 bits per heavy atom. The van der Waals surface area contributed by atoms with Gasteiger partial charge in [-0.2, -0.15) is 15.7 Å². The maximum atomic E-state index is 13.9. The lowest BCUT2D eigenvalue weighted by molar-refractivity contribution is 0.617. The standard InChI is InChI=1S/C11H4Br2FN7/c12-7-1-8(13)10(6(3-16)9(7)14)17-4-5(2-15)11-18-20-21-19-11/h1,4,17H,(H,18,19,20,21). The third-order valence-electron chi connectivity index (χ3n) is 2.35. The van der Waals surface area contributed by atoms with Gasteiger partial charge < -0.3 is 5.32 Å². The number of nitrogens with one attached hydrogen (secondary N) is 2. The summed E-state index contributed by atoms with van der Waals surface area (Å²) in [7, 11) is 0. The number of aromatic amines is 1. The van der Waals surface area contributed by atoms with E-state index < -0.39 is 5.82 Å². The minimum absolute atomic E-state index is 0.0721. The number of allylic oxidation sites excluding steroid dienone is 1. The minimum atomic E-state index is -0.699. The van der Waals surface area contributed by atoms with Gasteiger partial charge in [0, 0.05) is 10.7 Å². The first-order valence-electron chi connectivity index (χ1n) is 5.26. The summed E-state index contributed by atoms with van der Waals surface area (Å²) >= 11 is 6.23. The number of hydrogen-bond donors (Lipinski definition) is 2. The summed E-state index contributed by atoms with van der Waals surface area (Å²) in [6.07, 6.45) is 1.26. The molecular weight excluding hydrogens is 409 g/mol. The third-order valence-corrected chi connectivity index (χ3v) is 3.55. The molecule has 0 atom stereocenters. The van der Waals surface area contributed by atoms with Crippen molar-refractivity contribution < 1.29 is 4.39 Å². The van der Waals surface area contributed by atoms with Crippen molar-refractivity contribution >= 4 is 43.1 Å². The van der Waals surface area contributed by atoms with Crippen LogP contribution in [0.3, 0.4) is 0 Å². The maximum Gasteiger partial charge on any atom is 0.216 e. The highest BCUT2D eigenvalue weighted by atomic mass is 79.9. The van der Waals surface area contributed by atoms with Gasteiger partial charge in [-0.05, 0) is 43.1 Å². The average molecular weight is 413 g/mol. The molecule has 1 aromatic carbocycles. The van der Waals surface area contributed by atoms with Crippen molar-refractivity contribution in [1.29, 1.82) is 10.5 Å². The van der Waals surface area contributed by atoms with Crippen molar-refractivity contribution in [3.8, 4) is 12.1 Å². The van der Waals surface area contributed by atoms with E-state index in [2.05, 4.69) is 57.8 Å². The van der Waals surface area contributed by atoms with Crippen LogP contribution in [-0.4, -0.2) is 20.6 Å². The number of halogens is 3. The Labute approximate surface area is 134 Å². The van der Waals surface area contributed by atoms with E-state index >= 15 is 0 Å². The predicted octanol–water partition coefficient (Wildman–Crippen LogP) is 2.71. The van der Waals surface area contributed by atoms with E-state index in [0.29, 0.717) is 4.47 Å². The second-order valence-electron chi connectivity index (χ2n) is 3.57. The first-order chi connectivity index (χ1) is 10.1. The molecule has 7 nitrogen and oxygen atoms in total. The number of nitriles is 2. The molecule has 2 N–H and O–H groups in total. The summed E-state index contributed by atoms with van der Waals surface area (Å²) < 4.78 is 14.5. The predicted molar refractivity (Wildman–Crippen MR) is 77.9 cm³/mol. The smallest absolute Gasteiger partial charge is 0.216 e. The van der Waals surface area contributed by atoms with Crippen molar-refractivity contribution in [2.45, 2.75) is 0 Å². The molecule has 1 heterocycles. The summed E-state index contributed by atoms with van der Waals surface area (Å²) in [5, 5.41) is 33.7. The molecule has 0 unspecified atom stereocenters. The highest BCUT2D eigenvalue weighted by Crippen LogP contribution is 2.33. The van der Waals surface area contributed by atoms with Gasteiger partial charge in [0.15, 0.2) is 5.82 Å². The molecule has 0 fully saturated rings. The van der Waals surface area contributed by atoms with E-state index in [1.54, 1.807) is 6.07 Å². The number of tetrazole rings is 1. The van der Waals surface area contributed by atoms with Crippen LogP contribution < -0.4 is 5.32 Å². The number of aromatic nitrogens is 4. The summed E-state index contributed by atoms with van der Waals surface area (Å²) in [6, 6.07) is 5.08. The number of H-pyrrole nitrogens is 1. The topological polar surface area (TPSA) is 114 Å². The molecule has 0 saturated heterocycles. The summed E-state index contributed by atoms with van der Waals surface area (Å²) in [5.41, 5.74) is 0.0650. The molecule has 104 valence electrons. The monoisotopic (exact) mass is 411 g/mol. The number of benzene rings is 1. The van der Waals surface area contributed by atoms with Gasteiger partial charge in [0.05, 0.1) is 10.2 Å². The Hall–Kier alpha value is -2.30. The second-order valence-corrected chi connectivity index (χ2v) is 5.27. The normalized spacial score (nSPS) is 10.8. The van der Waals surface area contributed by atoms with Gasteiger partial charge in [0.25, 0.3) is 0 Å². The highest BCUT2D eigenvalue weighted by molar-refractivity contribution is 9.11. The Balaban J connectivity index is 2.44. The molecule has 0 amide bonds. The fourth-order valence-electron chi connectivity index (χ4n) is 1.41. The van der Waals surface area contributed by atoms with Crippen LogP contribution in [0.15, 0.2) is 21.2 Å². The van der Waals surface area contributed by atoms with E-state index in [1.807, 2.05) is 6.07 Å². The molecule has 10 heteroatoms. The lowest BCUT2D eigenvalue weighted by atomic mass is 10.2. The fraction of sp³-hybridized carbons (Fsp3) is 0. The SMILES string of the molecule is N#CC(=CNc1c(Br)cc(Br)c(F)c1C#N)c1nn[nH]n1. The molecule has 0 aliphatic heterocycles. The Kier molecular flexibility index (Phi) is 4.62.